The van der Waals surface area contributed by atoms with Crippen LogP contribution in [-0.4, -0.2) is 26.8 Å². The fraction of sp³-hybridized carbons (Fsp3) is 0.429. The molecule has 2 atom stereocenters. The predicted octanol–water partition coefficient (Wildman–Crippen LogP) is 0.639. The van der Waals surface area contributed by atoms with Crippen LogP contribution < -0.4 is 0 Å². The second kappa shape index (κ2) is 3.50. The summed E-state index contributed by atoms with van der Waals surface area (Å²) in [4.78, 5) is 0. The highest BCUT2D eigenvalue weighted by Crippen LogP contribution is 2.15. The van der Waals surface area contributed by atoms with Crippen LogP contribution in [-0.2, 0) is 0 Å². The Morgan fingerprint density at radius 1 is 1.50 bits per heavy atom. The average molecular weight is 252 g/mol. The van der Waals surface area contributed by atoms with Crippen LogP contribution in [0.5, 0.6) is 0 Å². The van der Waals surface area contributed by atoms with E-state index in [9.17, 15) is 5.11 Å². The van der Waals surface area contributed by atoms with Gasteiger partial charge in [0.2, 0.25) is 0 Å². The first-order valence-electron chi connectivity index (χ1n) is 3.05. The van der Waals surface area contributed by atoms with E-state index in [4.69, 9.17) is 5.11 Å². The SMILES string of the molecule is O[C@@H]1C(CI)=CC=C[C@@H]1O. The van der Waals surface area contributed by atoms with Gasteiger partial charge in [0.1, 0.15) is 12.2 Å². The summed E-state index contributed by atoms with van der Waals surface area (Å²) in [6.07, 6.45) is 3.78. The molecule has 0 saturated carbocycles. The summed E-state index contributed by atoms with van der Waals surface area (Å²) in [6.45, 7) is 0. The van der Waals surface area contributed by atoms with Gasteiger partial charge >= 0.3 is 0 Å². The molecule has 1 aliphatic rings. The Morgan fingerprint density at radius 2 is 2.20 bits per heavy atom. The monoisotopic (exact) mass is 252 g/mol. The van der Waals surface area contributed by atoms with E-state index in [-0.39, 0.29) is 0 Å². The molecular formula is C7H9IO2. The second-order valence-electron chi connectivity index (χ2n) is 2.20. The van der Waals surface area contributed by atoms with Crippen LogP contribution in [0.25, 0.3) is 0 Å². The van der Waals surface area contributed by atoms with Crippen LogP contribution in [0, 0.1) is 0 Å². The Morgan fingerprint density at radius 3 is 2.70 bits per heavy atom. The van der Waals surface area contributed by atoms with Gasteiger partial charge in [-0.05, 0) is 5.57 Å². The molecule has 0 bridgehead atoms. The van der Waals surface area contributed by atoms with Crippen LogP contribution in [0.1, 0.15) is 0 Å². The Balaban J connectivity index is 2.71. The van der Waals surface area contributed by atoms with E-state index in [1.807, 2.05) is 6.08 Å². The zero-order valence-electron chi connectivity index (χ0n) is 5.37. The van der Waals surface area contributed by atoms with Crippen molar-refractivity contribution in [1.82, 2.24) is 0 Å². The molecule has 2 N–H and O–H groups in total. The van der Waals surface area contributed by atoms with Crippen molar-refractivity contribution in [2.45, 2.75) is 12.2 Å². The fourth-order valence-corrected chi connectivity index (χ4v) is 1.55. The Hall–Kier alpha value is 0.130. The molecular weight excluding hydrogens is 243 g/mol. The summed E-state index contributed by atoms with van der Waals surface area (Å²) in [6, 6.07) is 0. The minimum atomic E-state index is -0.713. The molecule has 3 heteroatoms. The van der Waals surface area contributed by atoms with Gasteiger partial charge in [-0.3, -0.25) is 0 Å². The Bertz CT molecular complexity index is 174. The van der Waals surface area contributed by atoms with Crippen LogP contribution in [0.4, 0.5) is 0 Å². The van der Waals surface area contributed by atoms with Gasteiger partial charge < -0.3 is 10.2 Å². The molecule has 2 nitrogen and oxygen atoms in total. The van der Waals surface area contributed by atoms with E-state index < -0.39 is 12.2 Å². The quantitative estimate of drug-likeness (QED) is 0.531. The summed E-state index contributed by atoms with van der Waals surface area (Å²) < 4.78 is 0.764. The van der Waals surface area contributed by atoms with Crippen molar-refractivity contribution < 1.29 is 10.2 Å². The molecule has 0 saturated heterocycles. The lowest BCUT2D eigenvalue weighted by Gasteiger charge is -2.19. The average Bonchev–Trinajstić information content (AvgIpc) is 1.95. The number of aliphatic hydroxyl groups is 2. The maximum atomic E-state index is 9.26. The van der Waals surface area contributed by atoms with E-state index in [0.717, 1.165) is 10.0 Å². The van der Waals surface area contributed by atoms with Crippen molar-refractivity contribution in [3.63, 3.8) is 0 Å². The Kier molecular flexibility index (Phi) is 2.88. The zero-order valence-corrected chi connectivity index (χ0v) is 7.52. The van der Waals surface area contributed by atoms with E-state index in [1.165, 1.54) is 0 Å². The lowest BCUT2D eigenvalue weighted by Crippen LogP contribution is -2.28. The first kappa shape index (κ1) is 8.23. The number of rotatable bonds is 1. The van der Waals surface area contributed by atoms with Crippen LogP contribution >= 0.6 is 22.6 Å². The highest BCUT2D eigenvalue weighted by Gasteiger charge is 2.18. The lowest BCUT2D eigenvalue weighted by molar-refractivity contribution is 0.0722. The molecule has 0 aliphatic heterocycles. The minimum absolute atomic E-state index is 0.693. The van der Waals surface area contributed by atoms with Crippen LogP contribution in [0.3, 0.4) is 0 Å². The number of alkyl halides is 1. The van der Waals surface area contributed by atoms with E-state index in [1.54, 1.807) is 12.2 Å². The van der Waals surface area contributed by atoms with Gasteiger partial charge in [0, 0.05) is 4.43 Å². The molecule has 0 heterocycles. The molecule has 0 amide bonds. The zero-order chi connectivity index (χ0) is 7.56. The van der Waals surface area contributed by atoms with Crippen molar-refractivity contribution in [1.29, 1.82) is 0 Å². The number of halogens is 1. The second-order valence-corrected chi connectivity index (χ2v) is 2.96. The topological polar surface area (TPSA) is 40.5 Å². The Labute approximate surface area is 73.4 Å². The number of hydrogen-bond acceptors (Lipinski definition) is 2. The normalized spacial score (nSPS) is 32.1. The molecule has 0 aromatic heterocycles. The van der Waals surface area contributed by atoms with Gasteiger partial charge in [-0.25, -0.2) is 0 Å². The first-order chi connectivity index (χ1) is 4.75. The molecule has 0 aromatic carbocycles. The van der Waals surface area contributed by atoms with Gasteiger partial charge in [0.15, 0.2) is 0 Å². The van der Waals surface area contributed by atoms with Crippen LogP contribution in [0.15, 0.2) is 23.8 Å². The van der Waals surface area contributed by atoms with Gasteiger partial charge in [0.05, 0.1) is 0 Å². The summed E-state index contributed by atoms with van der Waals surface area (Å²) in [5.41, 5.74) is 0.885. The molecule has 56 valence electrons. The summed E-state index contributed by atoms with van der Waals surface area (Å²) >= 11 is 2.16. The van der Waals surface area contributed by atoms with Crippen molar-refractivity contribution in [2.75, 3.05) is 4.43 Å². The first-order valence-corrected chi connectivity index (χ1v) is 4.57. The molecule has 0 fully saturated rings. The van der Waals surface area contributed by atoms with Gasteiger partial charge in [0.25, 0.3) is 0 Å². The van der Waals surface area contributed by atoms with Crippen LogP contribution in [0.2, 0.25) is 0 Å². The van der Waals surface area contributed by atoms with E-state index >= 15 is 0 Å². The molecule has 1 aliphatic carbocycles. The predicted molar refractivity (Wildman–Crippen MR) is 48.1 cm³/mol. The third-order valence-corrected chi connectivity index (χ3v) is 2.36. The van der Waals surface area contributed by atoms with Gasteiger partial charge in [-0.2, -0.15) is 0 Å². The fourth-order valence-electron chi connectivity index (χ4n) is 0.840. The molecule has 0 spiro atoms. The van der Waals surface area contributed by atoms with Crippen molar-refractivity contribution in [3.05, 3.63) is 23.8 Å². The van der Waals surface area contributed by atoms with Crippen molar-refractivity contribution >= 4 is 22.6 Å². The lowest BCUT2D eigenvalue weighted by atomic mass is 10.0. The third kappa shape index (κ3) is 1.59. The summed E-state index contributed by atoms with van der Waals surface area (Å²) in [7, 11) is 0. The maximum Gasteiger partial charge on any atom is 0.106 e. The highest BCUT2D eigenvalue weighted by molar-refractivity contribution is 14.1. The smallest absolute Gasteiger partial charge is 0.106 e. The van der Waals surface area contributed by atoms with Crippen molar-refractivity contribution in [3.8, 4) is 0 Å². The third-order valence-electron chi connectivity index (χ3n) is 1.48. The highest BCUT2D eigenvalue weighted by atomic mass is 127. The summed E-state index contributed by atoms with van der Waals surface area (Å²) in [5, 5.41) is 18.4. The summed E-state index contributed by atoms with van der Waals surface area (Å²) in [5.74, 6) is 0. The van der Waals surface area contributed by atoms with Gasteiger partial charge in [-0.15, -0.1) is 0 Å². The largest absolute Gasteiger partial charge is 0.386 e. The number of aliphatic hydroxyl groups excluding tert-OH is 2. The van der Waals surface area contributed by atoms with Crippen molar-refractivity contribution in [2.24, 2.45) is 0 Å². The minimum Gasteiger partial charge on any atom is -0.386 e. The van der Waals surface area contributed by atoms with E-state index in [0.29, 0.717) is 0 Å². The molecule has 0 radical (unpaired) electrons. The van der Waals surface area contributed by atoms with Gasteiger partial charge in [-0.1, -0.05) is 40.8 Å². The standard InChI is InChI=1S/C7H9IO2/c8-4-5-2-1-3-6(9)7(5)10/h1-3,6-7,9-10H,4H2/t6-,7+/m0/s1. The molecule has 10 heavy (non-hydrogen) atoms. The molecule has 1 rings (SSSR count). The molecule has 0 unspecified atom stereocenters. The van der Waals surface area contributed by atoms with E-state index in [2.05, 4.69) is 22.6 Å². The molecule has 0 aromatic rings. The number of allylic oxidation sites excluding steroid dienone is 2. The maximum absolute atomic E-state index is 9.26. The number of hydrogen-bond donors (Lipinski definition) is 2.